The van der Waals surface area contributed by atoms with Gasteiger partial charge in [0.15, 0.2) is 0 Å². The molecule has 4 aromatic rings. The van der Waals surface area contributed by atoms with Crippen LogP contribution in [0.3, 0.4) is 0 Å². The van der Waals surface area contributed by atoms with E-state index in [0.717, 1.165) is 39.2 Å². The van der Waals surface area contributed by atoms with Crippen molar-refractivity contribution in [2.24, 2.45) is 0 Å². The van der Waals surface area contributed by atoms with Crippen molar-refractivity contribution in [3.05, 3.63) is 47.2 Å². The summed E-state index contributed by atoms with van der Waals surface area (Å²) in [5.41, 5.74) is 11.7. The van der Waals surface area contributed by atoms with E-state index in [2.05, 4.69) is 31.0 Å². The van der Waals surface area contributed by atoms with E-state index in [9.17, 15) is 0 Å². The lowest BCUT2D eigenvalue weighted by molar-refractivity contribution is 0.586. The fourth-order valence-electron chi connectivity index (χ4n) is 3.36. The third kappa shape index (κ3) is 2.57. The van der Waals surface area contributed by atoms with Gasteiger partial charge >= 0.3 is 0 Å². The Hall–Kier alpha value is -2.73. The minimum absolute atomic E-state index is 0.444. The van der Waals surface area contributed by atoms with Crippen molar-refractivity contribution in [2.45, 2.75) is 33.6 Å². The Morgan fingerprint density at radius 2 is 1.77 bits per heavy atom. The molecule has 5 nitrogen and oxygen atoms in total. The molecule has 0 unspecified atom stereocenters. The molecule has 0 aliphatic carbocycles. The molecule has 0 amide bonds. The molecule has 0 fully saturated rings. The van der Waals surface area contributed by atoms with Crippen LogP contribution in [-0.2, 0) is 12.8 Å². The number of anilines is 1. The maximum absolute atomic E-state index is 6.48. The van der Waals surface area contributed by atoms with E-state index in [1.807, 2.05) is 30.3 Å². The minimum atomic E-state index is 0.444. The largest absolute Gasteiger partial charge is 0.415 e. The van der Waals surface area contributed by atoms with Gasteiger partial charge in [0.2, 0.25) is 5.89 Å². The zero-order chi connectivity index (χ0) is 18.3. The molecule has 3 heterocycles. The first kappa shape index (κ1) is 16.7. The Morgan fingerprint density at radius 1 is 1.04 bits per heavy atom. The van der Waals surface area contributed by atoms with E-state index in [0.29, 0.717) is 17.5 Å². The first-order chi connectivity index (χ1) is 12.6. The van der Waals surface area contributed by atoms with Gasteiger partial charge in [-0.1, -0.05) is 32.0 Å². The molecule has 0 radical (unpaired) electrons. The first-order valence-electron chi connectivity index (χ1n) is 8.73. The Balaban J connectivity index is 1.87. The van der Waals surface area contributed by atoms with Crippen LogP contribution in [-0.4, -0.2) is 15.2 Å². The number of fused-ring (bicyclic) bond motifs is 1. The minimum Gasteiger partial charge on any atom is -0.415 e. The predicted octanol–water partition coefficient (Wildman–Crippen LogP) is 5.03. The van der Waals surface area contributed by atoms with Crippen LogP contribution in [0.2, 0.25) is 0 Å². The van der Waals surface area contributed by atoms with Crippen LogP contribution < -0.4 is 5.73 Å². The monoisotopic (exact) mass is 364 g/mol. The first-order valence-corrected chi connectivity index (χ1v) is 9.55. The molecule has 4 rings (SSSR count). The van der Waals surface area contributed by atoms with Gasteiger partial charge in [-0.3, -0.25) is 0 Å². The lowest BCUT2D eigenvalue weighted by Crippen LogP contribution is -2.00. The number of thiophene rings is 1. The molecule has 26 heavy (non-hydrogen) atoms. The maximum Gasteiger partial charge on any atom is 0.260 e. The second-order valence-electron chi connectivity index (χ2n) is 6.17. The fourth-order valence-corrected chi connectivity index (χ4v) is 4.46. The Kier molecular flexibility index (Phi) is 4.20. The molecule has 1 aromatic carbocycles. The number of benzene rings is 1. The van der Waals surface area contributed by atoms with E-state index in [-0.39, 0.29) is 0 Å². The fraction of sp³-hybridized carbons (Fsp3) is 0.250. The lowest BCUT2D eigenvalue weighted by Gasteiger charge is -2.10. The number of rotatable bonds is 4. The number of aryl methyl sites for hydroxylation is 2. The molecule has 6 heteroatoms. The number of nitrogens with zero attached hydrogens (tertiary/aromatic N) is 3. The van der Waals surface area contributed by atoms with Crippen molar-refractivity contribution in [2.75, 3.05) is 5.73 Å². The van der Waals surface area contributed by atoms with Gasteiger partial charge in [-0.15, -0.1) is 21.5 Å². The molecule has 0 saturated heterocycles. The smallest absolute Gasteiger partial charge is 0.260 e. The van der Waals surface area contributed by atoms with Crippen LogP contribution in [0.15, 0.2) is 34.7 Å². The molecule has 3 aromatic heterocycles. The standard InChI is InChI=1S/C20H20N4OS/c1-4-13-11(3)15-16(21)17(26-20(15)22-14(13)5-2)19-24-23-18(25-19)12-9-7-6-8-10-12/h6-10H,4-5,21H2,1-3H3. The maximum atomic E-state index is 6.48. The highest BCUT2D eigenvalue weighted by molar-refractivity contribution is 7.22. The summed E-state index contributed by atoms with van der Waals surface area (Å²) >= 11 is 1.52. The second kappa shape index (κ2) is 6.53. The van der Waals surface area contributed by atoms with E-state index < -0.39 is 0 Å². The van der Waals surface area contributed by atoms with Crippen molar-refractivity contribution in [1.29, 1.82) is 0 Å². The average Bonchev–Trinajstić information content (AvgIpc) is 3.27. The summed E-state index contributed by atoms with van der Waals surface area (Å²) in [7, 11) is 0. The summed E-state index contributed by atoms with van der Waals surface area (Å²) in [6.45, 7) is 6.41. The van der Waals surface area contributed by atoms with Gasteiger partial charge in [0, 0.05) is 16.6 Å². The molecule has 0 aliphatic rings. The molecule has 0 spiro atoms. The summed E-state index contributed by atoms with van der Waals surface area (Å²) in [4.78, 5) is 6.57. The van der Waals surface area contributed by atoms with Gasteiger partial charge in [0.05, 0.1) is 5.69 Å². The predicted molar refractivity (Wildman–Crippen MR) is 106 cm³/mol. The normalized spacial score (nSPS) is 11.3. The number of pyridine rings is 1. The molecule has 2 N–H and O–H groups in total. The molecular weight excluding hydrogens is 344 g/mol. The number of aromatic nitrogens is 3. The summed E-state index contributed by atoms with van der Waals surface area (Å²) in [5, 5.41) is 9.41. The summed E-state index contributed by atoms with van der Waals surface area (Å²) in [6, 6.07) is 9.73. The van der Waals surface area contributed by atoms with Crippen molar-refractivity contribution < 1.29 is 4.42 Å². The molecule has 0 aliphatic heterocycles. The highest BCUT2D eigenvalue weighted by Crippen LogP contribution is 2.42. The molecule has 0 saturated carbocycles. The summed E-state index contributed by atoms with van der Waals surface area (Å²) < 4.78 is 5.90. The summed E-state index contributed by atoms with van der Waals surface area (Å²) in [5.74, 6) is 0.936. The average molecular weight is 364 g/mol. The summed E-state index contributed by atoms with van der Waals surface area (Å²) in [6.07, 6.45) is 1.85. The van der Waals surface area contributed by atoms with Crippen molar-refractivity contribution in [1.82, 2.24) is 15.2 Å². The number of nitrogens with two attached hydrogens (primary N) is 1. The highest BCUT2D eigenvalue weighted by atomic mass is 32.1. The Labute approximate surface area is 155 Å². The third-order valence-electron chi connectivity index (χ3n) is 4.67. The molecule has 0 bridgehead atoms. The molecule has 132 valence electrons. The second-order valence-corrected chi connectivity index (χ2v) is 7.17. The quantitative estimate of drug-likeness (QED) is 0.549. The van der Waals surface area contributed by atoms with Gasteiger partial charge in [-0.2, -0.15) is 0 Å². The molecular formula is C20H20N4OS. The van der Waals surface area contributed by atoms with Crippen LogP contribution in [0.25, 0.3) is 32.4 Å². The SMILES string of the molecule is CCc1nc2sc(-c3nnc(-c4ccccc4)o3)c(N)c2c(C)c1CC. The number of hydrogen-bond acceptors (Lipinski definition) is 6. The van der Waals surface area contributed by atoms with Crippen LogP contribution in [0, 0.1) is 6.92 Å². The Morgan fingerprint density at radius 3 is 2.46 bits per heavy atom. The van der Waals surface area contributed by atoms with Gasteiger partial charge < -0.3 is 10.2 Å². The highest BCUT2D eigenvalue weighted by Gasteiger charge is 2.21. The van der Waals surface area contributed by atoms with E-state index in [1.54, 1.807) is 0 Å². The van der Waals surface area contributed by atoms with Crippen LogP contribution in [0.5, 0.6) is 0 Å². The van der Waals surface area contributed by atoms with Gasteiger partial charge in [-0.05, 0) is 43.0 Å². The molecule has 0 atom stereocenters. The zero-order valence-electron chi connectivity index (χ0n) is 15.0. The van der Waals surface area contributed by atoms with E-state index in [4.69, 9.17) is 15.1 Å². The van der Waals surface area contributed by atoms with Gasteiger partial charge in [-0.25, -0.2) is 4.98 Å². The van der Waals surface area contributed by atoms with Crippen molar-refractivity contribution >= 4 is 27.2 Å². The number of hydrogen-bond donors (Lipinski definition) is 1. The lowest BCUT2D eigenvalue weighted by atomic mass is 10.00. The third-order valence-corrected chi connectivity index (χ3v) is 5.75. The van der Waals surface area contributed by atoms with Crippen LogP contribution in [0.1, 0.15) is 30.7 Å². The van der Waals surface area contributed by atoms with Crippen LogP contribution >= 0.6 is 11.3 Å². The zero-order valence-corrected chi connectivity index (χ0v) is 15.9. The van der Waals surface area contributed by atoms with Gasteiger partial charge in [0.25, 0.3) is 5.89 Å². The Bertz CT molecular complexity index is 1080. The van der Waals surface area contributed by atoms with Gasteiger partial charge in [0.1, 0.15) is 9.71 Å². The number of nitrogen functional groups attached to an aromatic ring is 1. The van der Waals surface area contributed by atoms with Crippen molar-refractivity contribution in [3.63, 3.8) is 0 Å². The van der Waals surface area contributed by atoms with Crippen LogP contribution in [0.4, 0.5) is 5.69 Å². The topological polar surface area (TPSA) is 77.8 Å². The van der Waals surface area contributed by atoms with Crippen molar-refractivity contribution in [3.8, 4) is 22.2 Å². The van der Waals surface area contributed by atoms with E-state index >= 15 is 0 Å². The van der Waals surface area contributed by atoms with E-state index in [1.165, 1.54) is 22.5 Å².